The molecule has 0 rings (SSSR count). The molecule has 3 N–H and O–H groups in total. The van der Waals surface area contributed by atoms with Gasteiger partial charge in [-0.25, -0.2) is 9.13 Å². The molecule has 0 bridgehead atoms. The van der Waals surface area contributed by atoms with Gasteiger partial charge in [0.1, 0.15) is 19.3 Å². The molecule has 0 amide bonds. The molecule has 0 heterocycles. The first-order chi connectivity index (χ1) is 48.0. The number of hydrogen-bond acceptors (Lipinski definition) is 15. The monoisotopic (exact) mass is 1450 g/mol. The lowest BCUT2D eigenvalue weighted by Crippen LogP contribution is -2.30. The number of carbonyl (C=O) groups is 4. The van der Waals surface area contributed by atoms with Crippen molar-refractivity contribution in [2.75, 3.05) is 39.6 Å². The minimum Gasteiger partial charge on any atom is -0.462 e. The third kappa shape index (κ3) is 74.1. The number of carbonyl (C=O) groups excluding carboxylic acids is 4. The number of aliphatic hydroxyl groups is 1. The number of ether oxygens (including phenoxy) is 4. The molecule has 0 saturated carbocycles. The Bertz CT molecular complexity index is 1890. The predicted octanol–water partition coefficient (Wildman–Crippen LogP) is 24.0. The molecule has 0 aromatic rings. The number of unbranched alkanes of at least 4 members (excludes halogenated alkanes) is 52. The largest absolute Gasteiger partial charge is 0.472 e. The number of aliphatic hydroxyl groups excluding tert-OH is 1. The molecule has 17 nitrogen and oxygen atoms in total. The molecule has 0 aromatic carbocycles. The van der Waals surface area contributed by atoms with Crippen molar-refractivity contribution in [1.82, 2.24) is 0 Å². The summed E-state index contributed by atoms with van der Waals surface area (Å²) in [5.41, 5.74) is 0. The normalized spacial score (nSPS) is 13.9. The molecular formula is C80H156O17P2. The molecule has 0 aliphatic heterocycles. The van der Waals surface area contributed by atoms with E-state index in [1.54, 1.807) is 0 Å². The number of phosphoric acid groups is 2. The fraction of sp³-hybridized carbons (Fsp3) is 0.950. The summed E-state index contributed by atoms with van der Waals surface area (Å²) in [6.07, 6.45) is 63.8. The van der Waals surface area contributed by atoms with Crippen LogP contribution < -0.4 is 0 Å². The van der Waals surface area contributed by atoms with Gasteiger partial charge in [0.15, 0.2) is 12.2 Å². The van der Waals surface area contributed by atoms with E-state index >= 15 is 0 Å². The Labute approximate surface area is 607 Å². The van der Waals surface area contributed by atoms with Crippen LogP contribution in [0.1, 0.15) is 426 Å². The van der Waals surface area contributed by atoms with Crippen LogP contribution in [-0.2, 0) is 65.4 Å². The van der Waals surface area contributed by atoms with Crippen LogP contribution in [0.4, 0.5) is 0 Å². The van der Waals surface area contributed by atoms with E-state index in [-0.39, 0.29) is 25.7 Å². The highest BCUT2D eigenvalue weighted by molar-refractivity contribution is 7.47. The maximum absolute atomic E-state index is 13.1. The molecule has 0 aliphatic carbocycles. The van der Waals surface area contributed by atoms with E-state index in [9.17, 15) is 43.2 Å². The van der Waals surface area contributed by atoms with Crippen LogP contribution in [0.25, 0.3) is 0 Å². The second-order valence-corrected chi connectivity index (χ2v) is 32.2. The van der Waals surface area contributed by atoms with Crippen molar-refractivity contribution < 1.29 is 80.2 Å². The van der Waals surface area contributed by atoms with Gasteiger partial charge in [-0.3, -0.25) is 37.3 Å². The van der Waals surface area contributed by atoms with E-state index in [2.05, 4.69) is 34.6 Å². The second-order valence-electron chi connectivity index (χ2n) is 29.3. The summed E-state index contributed by atoms with van der Waals surface area (Å²) in [6, 6.07) is 0. The van der Waals surface area contributed by atoms with Crippen molar-refractivity contribution in [3.05, 3.63) is 0 Å². The Hall–Kier alpha value is -1.94. The van der Waals surface area contributed by atoms with E-state index in [0.717, 1.165) is 95.8 Å². The van der Waals surface area contributed by atoms with Gasteiger partial charge < -0.3 is 33.8 Å². The predicted molar refractivity (Wildman–Crippen MR) is 405 cm³/mol. The molecule has 0 aliphatic rings. The smallest absolute Gasteiger partial charge is 0.462 e. The van der Waals surface area contributed by atoms with Gasteiger partial charge >= 0.3 is 39.5 Å². The zero-order valence-electron chi connectivity index (χ0n) is 64.6. The molecule has 99 heavy (non-hydrogen) atoms. The summed E-state index contributed by atoms with van der Waals surface area (Å²) < 4.78 is 68.6. The van der Waals surface area contributed by atoms with Crippen molar-refractivity contribution in [2.45, 2.75) is 445 Å². The summed E-state index contributed by atoms with van der Waals surface area (Å²) in [4.78, 5) is 72.9. The zero-order valence-corrected chi connectivity index (χ0v) is 66.4. The third-order valence-corrected chi connectivity index (χ3v) is 20.7. The minimum absolute atomic E-state index is 0.108. The van der Waals surface area contributed by atoms with Crippen molar-refractivity contribution in [2.24, 2.45) is 5.92 Å². The fourth-order valence-electron chi connectivity index (χ4n) is 12.4. The maximum atomic E-state index is 13.1. The first-order valence-corrected chi connectivity index (χ1v) is 44.6. The lowest BCUT2D eigenvalue weighted by molar-refractivity contribution is -0.161. The van der Waals surface area contributed by atoms with Gasteiger partial charge in [-0.15, -0.1) is 0 Å². The first kappa shape index (κ1) is 97.1. The summed E-state index contributed by atoms with van der Waals surface area (Å²) in [5, 5.41) is 10.6. The molecular weight excluding hydrogens is 1290 g/mol. The quantitative estimate of drug-likeness (QED) is 0.0222. The van der Waals surface area contributed by atoms with Crippen molar-refractivity contribution in [1.29, 1.82) is 0 Å². The summed E-state index contributed by atoms with van der Waals surface area (Å²) in [7, 11) is -9.91. The van der Waals surface area contributed by atoms with Crippen molar-refractivity contribution >= 4 is 39.5 Å². The first-order valence-electron chi connectivity index (χ1n) is 41.6. The Kier molecular flexibility index (Phi) is 71.6. The Morgan fingerprint density at radius 2 is 0.465 bits per heavy atom. The van der Waals surface area contributed by atoms with Gasteiger partial charge in [-0.05, 0) is 31.6 Å². The van der Waals surface area contributed by atoms with Crippen LogP contribution in [0.2, 0.25) is 0 Å². The number of esters is 4. The summed E-state index contributed by atoms with van der Waals surface area (Å²) in [5.74, 6) is -1.30. The maximum Gasteiger partial charge on any atom is 0.472 e. The lowest BCUT2D eigenvalue weighted by Gasteiger charge is -2.21. The number of hydrogen-bond donors (Lipinski definition) is 3. The molecule has 19 heteroatoms. The highest BCUT2D eigenvalue weighted by Gasteiger charge is 2.30. The topological polar surface area (TPSA) is 237 Å². The van der Waals surface area contributed by atoms with Gasteiger partial charge in [0.25, 0.3) is 0 Å². The Morgan fingerprint density at radius 1 is 0.273 bits per heavy atom. The molecule has 0 saturated heterocycles. The Morgan fingerprint density at radius 3 is 0.687 bits per heavy atom. The molecule has 2 unspecified atom stereocenters. The molecule has 0 aromatic heterocycles. The summed E-state index contributed by atoms with van der Waals surface area (Å²) in [6.45, 7) is 7.34. The number of phosphoric ester groups is 2. The standard InChI is InChI=1S/C80H156O17P2/c1-6-9-12-15-18-21-23-25-27-32-36-40-44-49-54-59-64-78(83)91-70-76(97-80(85)66-61-56-51-46-42-38-34-30-29-31-35-39-43-47-52-57-62-73(4)5)72-95-99(88,89)93-68-74(81)67-92-98(86,87)94-71-75(69-90-77(82)63-58-53-48-20-17-14-11-8-3)96-79(84)65-60-55-50-45-41-37-33-28-26-24-22-19-16-13-10-7-2/h73-76,81H,6-72H2,1-5H3,(H,86,87)(H,88,89)/t74-,75+,76+/m0/s1. The van der Waals surface area contributed by atoms with Crippen LogP contribution in [0, 0.1) is 5.92 Å². The third-order valence-electron chi connectivity index (χ3n) is 18.8. The molecule has 0 radical (unpaired) electrons. The highest BCUT2D eigenvalue weighted by atomic mass is 31.2. The second kappa shape index (κ2) is 73.0. The van der Waals surface area contributed by atoms with E-state index in [0.29, 0.717) is 25.7 Å². The van der Waals surface area contributed by atoms with Crippen LogP contribution in [-0.4, -0.2) is 96.7 Å². The average molecular weight is 1450 g/mol. The van der Waals surface area contributed by atoms with Crippen molar-refractivity contribution in [3.63, 3.8) is 0 Å². The van der Waals surface area contributed by atoms with Crippen molar-refractivity contribution in [3.8, 4) is 0 Å². The van der Waals surface area contributed by atoms with Gasteiger partial charge in [-0.2, -0.15) is 0 Å². The Balaban J connectivity index is 5.20. The van der Waals surface area contributed by atoms with Crippen LogP contribution >= 0.6 is 15.6 Å². The molecule has 0 spiro atoms. The van der Waals surface area contributed by atoms with Crippen LogP contribution in [0.5, 0.6) is 0 Å². The lowest BCUT2D eigenvalue weighted by atomic mass is 10.0. The summed E-state index contributed by atoms with van der Waals surface area (Å²) >= 11 is 0. The van der Waals surface area contributed by atoms with E-state index in [1.807, 2.05) is 0 Å². The molecule has 588 valence electrons. The highest BCUT2D eigenvalue weighted by Crippen LogP contribution is 2.45. The van der Waals surface area contributed by atoms with Crippen LogP contribution in [0.3, 0.4) is 0 Å². The van der Waals surface area contributed by atoms with E-state index < -0.39 is 97.5 Å². The van der Waals surface area contributed by atoms with Gasteiger partial charge in [0.05, 0.1) is 26.4 Å². The van der Waals surface area contributed by atoms with E-state index in [4.69, 9.17) is 37.0 Å². The van der Waals surface area contributed by atoms with Gasteiger partial charge in [0.2, 0.25) is 0 Å². The SMILES string of the molecule is CCCCCCCCCCCCCCCCCCC(=O)OC[C@H](COP(=O)(O)OC[C@@H](O)COP(=O)(O)OC[C@@H](COC(=O)CCCCCCCCCC)OC(=O)CCCCCCCCCCCCCCCCCC)OC(=O)CCCCCCCCCCCCCCCCCCC(C)C. The minimum atomic E-state index is -4.96. The molecule has 0 fully saturated rings. The zero-order chi connectivity index (χ0) is 72.7. The molecule has 5 atom stereocenters. The average Bonchev–Trinajstić information content (AvgIpc) is 2.23. The van der Waals surface area contributed by atoms with E-state index in [1.165, 1.54) is 250 Å². The van der Waals surface area contributed by atoms with Crippen LogP contribution in [0.15, 0.2) is 0 Å². The number of rotatable bonds is 80. The van der Waals surface area contributed by atoms with Gasteiger partial charge in [0, 0.05) is 25.7 Å². The van der Waals surface area contributed by atoms with Gasteiger partial charge in [-0.1, -0.05) is 375 Å². The fourth-order valence-corrected chi connectivity index (χ4v) is 14.0.